The van der Waals surface area contributed by atoms with Crippen molar-refractivity contribution in [2.24, 2.45) is 5.41 Å². The summed E-state index contributed by atoms with van der Waals surface area (Å²) in [7, 11) is -2.13. The van der Waals surface area contributed by atoms with Crippen LogP contribution in [0.15, 0.2) is 65.8 Å². The Hall–Kier alpha value is -4.62. The first-order valence-electron chi connectivity index (χ1n) is 17.2. The smallest absolute Gasteiger partial charge is 0.264 e. The minimum Gasteiger partial charge on any atom is -0.475 e. The number of sulfonamides is 1. The first-order valence-corrected chi connectivity index (χ1v) is 18.7. The summed E-state index contributed by atoms with van der Waals surface area (Å²) >= 11 is 0. The predicted molar refractivity (Wildman–Crippen MR) is 187 cm³/mol. The molecule has 260 valence electrons. The zero-order chi connectivity index (χ0) is 34.6. The quantitative estimate of drug-likeness (QED) is 0.258. The van der Waals surface area contributed by atoms with Crippen LogP contribution in [0.1, 0.15) is 65.7 Å². The molecule has 4 aliphatic rings. The maximum absolute atomic E-state index is 14.5. The van der Waals surface area contributed by atoms with Crippen molar-refractivity contribution in [3.05, 3.63) is 83.3 Å². The summed E-state index contributed by atoms with van der Waals surface area (Å²) in [6.45, 7) is 4.31. The minimum absolute atomic E-state index is 0.0325. The lowest BCUT2D eigenvalue weighted by atomic mass is 9.76. The van der Waals surface area contributed by atoms with E-state index in [2.05, 4.69) is 31.6 Å². The lowest BCUT2D eigenvalue weighted by molar-refractivity contribution is 0.0209. The molecule has 0 unspecified atom stereocenters. The van der Waals surface area contributed by atoms with Gasteiger partial charge in [0.2, 0.25) is 11.8 Å². The highest BCUT2D eigenvalue weighted by Crippen LogP contribution is 2.61. The molecular weight excluding hydrogens is 655 g/mol. The summed E-state index contributed by atoms with van der Waals surface area (Å²) in [6.07, 6.45) is 10.5. The van der Waals surface area contributed by atoms with Crippen LogP contribution in [0.25, 0.3) is 11.3 Å². The van der Waals surface area contributed by atoms with E-state index in [0.717, 1.165) is 35.3 Å². The fourth-order valence-corrected chi connectivity index (χ4v) is 8.08. The van der Waals surface area contributed by atoms with E-state index in [1.54, 1.807) is 35.5 Å². The second-order valence-electron chi connectivity index (χ2n) is 14.3. The molecule has 3 fully saturated rings. The Morgan fingerprint density at radius 1 is 1.02 bits per heavy atom. The van der Waals surface area contributed by atoms with Crippen molar-refractivity contribution in [3.63, 3.8) is 0 Å². The van der Waals surface area contributed by atoms with Crippen LogP contribution >= 0.6 is 0 Å². The van der Waals surface area contributed by atoms with E-state index >= 15 is 0 Å². The number of hydrogen-bond donors (Lipinski definition) is 1. The molecule has 1 amide bonds. The van der Waals surface area contributed by atoms with Crippen LogP contribution in [-0.4, -0.2) is 77.6 Å². The van der Waals surface area contributed by atoms with Crippen LogP contribution in [0, 0.1) is 19.3 Å². The highest BCUT2D eigenvalue weighted by atomic mass is 32.2. The molecule has 0 radical (unpaired) electrons. The second-order valence-corrected chi connectivity index (χ2v) is 16.0. The van der Waals surface area contributed by atoms with E-state index < -0.39 is 16.1 Å². The summed E-state index contributed by atoms with van der Waals surface area (Å²) in [5.41, 5.74) is 4.68. The predicted octanol–water partition coefficient (Wildman–Crippen LogP) is 5.31. The topological polar surface area (TPSA) is 140 Å². The highest BCUT2D eigenvalue weighted by Gasteiger charge is 2.54. The summed E-state index contributed by atoms with van der Waals surface area (Å²) in [4.78, 5) is 36.8. The number of aryl methyl sites for hydroxylation is 2. The Balaban J connectivity index is 1.18. The van der Waals surface area contributed by atoms with Gasteiger partial charge in [0, 0.05) is 30.3 Å². The van der Waals surface area contributed by atoms with Crippen molar-refractivity contribution in [2.45, 2.75) is 82.0 Å². The molecule has 4 bridgehead atoms. The molecule has 8 rings (SSSR count). The molecule has 3 aliphatic carbocycles. The Morgan fingerprint density at radius 3 is 2.52 bits per heavy atom. The third kappa shape index (κ3) is 6.63. The number of carbonyl (C=O) groups excluding carboxylic acids is 1. The van der Waals surface area contributed by atoms with Crippen LogP contribution < -0.4 is 14.4 Å². The summed E-state index contributed by atoms with van der Waals surface area (Å²) < 4.78 is 42.5. The molecule has 2 aromatic heterocycles. The second kappa shape index (κ2) is 12.6. The zero-order valence-corrected chi connectivity index (χ0v) is 29.3. The van der Waals surface area contributed by atoms with E-state index in [1.807, 2.05) is 32.0 Å². The van der Waals surface area contributed by atoms with Crippen molar-refractivity contribution in [3.8, 4) is 17.1 Å². The number of fused-ring (bicyclic) bond motifs is 4. The highest BCUT2D eigenvalue weighted by molar-refractivity contribution is 7.92. The van der Waals surface area contributed by atoms with Crippen molar-refractivity contribution >= 4 is 27.7 Å². The SMILES string of the molecule is Cc1cccc(C)c1-c1cc2nc(n1)NS(=O)(=O)c1cccc(c1)C(=O)N(Cc1cncc(N(C)C3CC4(CC4)C3)n1)[C@H](COC1CC1)CO2. The van der Waals surface area contributed by atoms with E-state index in [0.29, 0.717) is 22.8 Å². The number of amides is 1. The van der Waals surface area contributed by atoms with E-state index in [-0.39, 0.29) is 54.1 Å². The Bertz CT molecular complexity index is 2040. The standard InChI is InChI=1S/C37H41N7O5S/c1-23-6-4-7-24(2)34(23)31-15-33-41-36(40-31)42-50(46,47)30-9-5-8-25(14-30)35(45)44(28(22-49-33)21-48-29-10-11-29)20-26-18-38-19-32(39-26)43(3)27-16-37(17-27)12-13-37/h4-9,14-15,18-19,27-29H,10-13,16-17,20-22H2,1-3H3,(H,40,41,42)/t28-/m1/s1. The molecule has 3 heterocycles. The number of aromatic nitrogens is 4. The van der Waals surface area contributed by atoms with E-state index in [1.165, 1.54) is 37.8 Å². The number of anilines is 2. The molecular formula is C37H41N7O5S. The Labute approximate surface area is 292 Å². The fraction of sp³-hybridized carbons (Fsp3) is 0.432. The zero-order valence-electron chi connectivity index (χ0n) is 28.5. The monoisotopic (exact) mass is 695 g/mol. The van der Waals surface area contributed by atoms with Crippen molar-refractivity contribution in [1.82, 2.24) is 24.8 Å². The average molecular weight is 696 g/mol. The molecule has 12 nitrogen and oxygen atoms in total. The lowest BCUT2D eigenvalue weighted by Crippen LogP contribution is -2.46. The molecule has 13 heteroatoms. The first kappa shape index (κ1) is 32.6. The van der Waals surface area contributed by atoms with Gasteiger partial charge in [-0.25, -0.2) is 23.1 Å². The van der Waals surface area contributed by atoms with Gasteiger partial charge in [0.15, 0.2) is 0 Å². The number of rotatable bonds is 8. The number of nitrogens with one attached hydrogen (secondary N) is 1. The van der Waals surface area contributed by atoms with Gasteiger partial charge in [-0.1, -0.05) is 24.3 Å². The van der Waals surface area contributed by atoms with Gasteiger partial charge in [0.1, 0.15) is 12.4 Å². The van der Waals surface area contributed by atoms with Gasteiger partial charge in [0.25, 0.3) is 15.9 Å². The number of carbonyl (C=O) groups is 1. The summed E-state index contributed by atoms with van der Waals surface area (Å²) in [5.74, 6) is 0.421. The van der Waals surface area contributed by atoms with Crippen LogP contribution in [-0.2, 0) is 21.3 Å². The molecule has 1 N–H and O–H groups in total. The molecule has 3 saturated carbocycles. The largest absolute Gasteiger partial charge is 0.475 e. The maximum Gasteiger partial charge on any atom is 0.264 e. The van der Waals surface area contributed by atoms with Gasteiger partial charge in [-0.2, -0.15) is 4.98 Å². The maximum atomic E-state index is 14.5. The Kier molecular flexibility index (Phi) is 8.22. The molecule has 0 saturated heterocycles. The molecule has 1 aliphatic heterocycles. The van der Waals surface area contributed by atoms with Gasteiger partial charge < -0.3 is 19.3 Å². The van der Waals surface area contributed by atoms with E-state index in [9.17, 15) is 13.2 Å². The molecule has 4 aromatic rings. The van der Waals surface area contributed by atoms with Crippen molar-refractivity contribution in [2.75, 3.05) is 29.9 Å². The average Bonchev–Trinajstić information content (AvgIpc) is 4.02. The van der Waals surface area contributed by atoms with Crippen molar-refractivity contribution < 1.29 is 22.7 Å². The third-order valence-corrected chi connectivity index (χ3v) is 11.8. The molecule has 2 aromatic carbocycles. The number of ether oxygens (including phenoxy) is 2. The number of nitrogens with zero attached hydrogens (tertiary/aromatic N) is 6. The van der Waals surface area contributed by atoms with Gasteiger partial charge >= 0.3 is 0 Å². The van der Waals surface area contributed by atoms with E-state index in [4.69, 9.17) is 14.5 Å². The fourth-order valence-electron chi connectivity index (χ4n) is 7.09. The number of benzene rings is 2. The molecule has 1 spiro atoms. The minimum atomic E-state index is -4.18. The van der Waals surface area contributed by atoms with Crippen molar-refractivity contribution in [1.29, 1.82) is 0 Å². The third-order valence-electron chi connectivity index (χ3n) is 10.4. The van der Waals surface area contributed by atoms with Crippen LogP contribution in [0.2, 0.25) is 0 Å². The Morgan fingerprint density at radius 2 is 1.78 bits per heavy atom. The van der Waals surface area contributed by atoms with Gasteiger partial charge in [0.05, 0.1) is 54.0 Å². The first-order chi connectivity index (χ1) is 24.1. The van der Waals surface area contributed by atoms with Gasteiger partial charge in [-0.15, -0.1) is 0 Å². The summed E-state index contributed by atoms with van der Waals surface area (Å²) in [6, 6.07) is 13.5. The summed E-state index contributed by atoms with van der Waals surface area (Å²) in [5, 5.41) is 0. The molecule has 1 atom stereocenters. The van der Waals surface area contributed by atoms with Crippen LogP contribution in [0.5, 0.6) is 5.88 Å². The number of hydrogen-bond acceptors (Lipinski definition) is 10. The van der Waals surface area contributed by atoms with Crippen LogP contribution in [0.3, 0.4) is 0 Å². The lowest BCUT2D eigenvalue weighted by Gasteiger charge is -2.42. The van der Waals surface area contributed by atoms with Gasteiger partial charge in [-0.05, 0) is 87.1 Å². The normalized spacial score (nSPS) is 20.8. The van der Waals surface area contributed by atoms with Crippen LogP contribution in [0.4, 0.5) is 11.8 Å². The molecule has 50 heavy (non-hydrogen) atoms. The van der Waals surface area contributed by atoms with Gasteiger partial charge in [-0.3, -0.25) is 9.78 Å².